The van der Waals surface area contributed by atoms with Crippen LogP contribution in [0.15, 0.2) is 0 Å². The molecule has 0 amide bonds. The number of aliphatic hydroxyl groups is 1. The van der Waals surface area contributed by atoms with Crippen molar-refractivity contribution in [2.24, 2.45) is 5.92 Å². The molecule has 0 spiro atoms. The van der Waals surface area contributed by atoms with Crippen molar-refractivity contribution in [3.8, 4) is 0 Å². The SMILES string of the molecule is CC(CO)CN1CCOCC1C. The molecule has 1 saturated heterocycles. The van der Waals surface area contributed by atoms with Gasteiger partial charge in [0.25, 0.3) is 0 Å². The molecule has 3 nitrogen and oxygen atoms in total. The smallest absolute Gasteiger partial charge is 0.0619 e. The largest absolute Gasteiger partial charge is 0.396 e. The van der Waals surface area contributed by atoms with Crippen molar-refractivity contribution in [1.82, 2.24) is 4.90 Å². The van der Waals surface area contributed by atoms with Crippen LogP contribution in [0.2, 0.25) is 0 Å². The number of morpholine rings is 1. The maximum Gasteiger partial charge on any atom is 0.0619 e. The van der Waals surface area contributed by atoms with Gasteiger partial charge in [-0.2, -0.15) is 0 Å². The molecule has 0 aromatic carbocycles. The molecule has 3 heteroatoms. The van der Waals surface area contributed by atoms with Crippen LogP contribution >= 0.6 is 0 Å². The average Bonchev–Trinajstić information content (AvgIpc) is 2.09. The summed E-state index contributed by atoms with van der Waals surface area (Å²) in [6.45, 7) is 8.18. The lowest BCUT2D eigenvalue weighted by atomic mass is 10.1. The van der Waals surface area contributed by atoms with E-state index in [0.29, 0.717) is 12.0 Å². The molecular weight excluding hydrogens is 154 g/mol. The number of hydrogen-bond donors (Lipinski definition) is 1. The van der Waals surface area contributed by atoms with E-state index in [9.17, 15) is 0 Å². The van der Waals surface area contributed by atoms with E-state index in [4.69, 9.17) is 9.84 Å². The molecule has 0 aromatic heterocycles. The highest BCUT2D eigenvalue weighted by molar-refractivity contribution is 4.72. The van der Waals surface area contributed by atoms with Crippen LogP contribution in [0, 0.1) is 5.92 Å². The van der Waals surface area contributed by atoms with Gasteiger partial charge in [0, 0.05) is 25.7 Å². The van der Waals surface area contributed by atoms with Crippen LogP contribution in [-0.4, -0.2) is 49.0 Å². The van der Waals surface area contributed by atoms with E-state index >= 15 is 0 Å². The Balaban J connectivity index is 2.28. The number of aliphatic hydroxyl groups excluding tert-OH is 1. The van der Waals surface area contributed by atoms with Crippen molar-refractivity contribution in [2.75, 3.05) is 32.9 Å². The molecule has 0 aliphatic carbocycles. The fraction of sp³-hybridized carbons (Fsp3) is 1.00. The summed E-state index contributed by atoms with van der Waals surface area (Å²) in [5, 5.41) is 8.89. The Kier molecular flexibility index (Phi) is 3.98. The summed E-state index contributed by atoms with van der Waals surface area (Å²) < 4.78 is 5.32. The number of hydrogen-bond acceptors (Lipinski definition) is 3. The van der Waals surface area contributed by atoms with Crippen molar-refractivity contribution in [3.63, 3.8) is 0 Å². The second-order valence-electron chi connectivity index (χ2n) is 3.71. The molecule has 72 valence electrons. The van der Waals surface area contributed by atoms with Crippen molar-refractivity contribution < 1.29 is 9.84 Å². The van der Waals surface area contributed by atoms with E-state index in [2.05, 4.69) is 18.7 Å². The second-order valence-corrected chi connectivity index (χ2v) is 3.71. The molecule has 1 aliphatic rings. The monoisotopic (exact) mass is 173 g/mol. The average molecular weight is 173 g/mol. The minimum absolute atomic E-state index is 0.282. The summed E-state index contributed by atoms with van der Waals surface area (Å²) in [5.74, 6) is 0.380. The minimum Gasteiger partial charge on any atom is -0.396 e. The van der Waals surface area contributed by atoms with Crippen LogP contribution in [0.25, 0.3) is 0 Å². The predicted octanol–water partition coefficient (Wildman–Crippen LogP) is 0.335. The summed E-state index contributed by atoms with van der Waals surface area (Å²) in [6, 6.07) is 0.507. The van der Waals surface area contributed by atoms with Gasteiger partial charge in [0.05, 0.1) is 13.2 Å². The Morgan fingerprint density at radius 2 is 2.42 bits per heavy atom. The lowest BCUT2D eigenvalue weighted by Crippen LogP contribution is -2.45. The normalized spacial score (nSPS) is 28.8. The summed E-state index contributed by atoms with van der Waals surface area (Å²) in [4.78, 5) is 2.38. The van der Waals surface area contributed by atoms with E-state index in [-0.39, 0.29) is 6.61 Å². The molecule has 0 saturated carbocycles. The molecular formula is C9H19NO2. The van der Waals surface area contributed by atoms with E-state index < -0.39 is 0 Å². The molecule has 12 heavy (non-hydrogen) atoms. The van der Waals surface area contributed by atoms with Crippen LogP contribution in [-0.2, 0) is 4.74 Å². The summed E-state index contributed by atoms with van der Waals surface area (Å²) in [6.07, 6.45) is 0. The zero-order valence-electron chi connectivity index (χ0n) is 7.99. The van der Waals surface area contributed by atoms with E-state index in [0.717, 1.165) is 26.3 Å². The van der Waals surface area contributed by atoms with E-state index in [1.54, 1.807) is 0 Å². The molecule has 1 fully saturated rings. The Morgan fingerprint density at radius 3 is 3.00 bits per heavy atom. The Bertz CT molecular complexity index is 130. The fourth-order valence-electron chi connectivity index (χ4n) is 1.49. The van der Waals surface area contributed by atoms with Crippen LogP contribution in [0.5, 0.6) is 0 Å². The first kappa shape index (κ1) is 9.96. The molecule has 0 radical (unpaired) electrons. The molecule has 1 N–H and O–H groups in total. The van der Waals surface area contributed by atoms with Crippen molar-refractivity contribution in [3.05, 3.63) is 0 Å². The maximum atomic E-state index is 8.89. The minimum atomic E-state index is 0.282. The zero-order chi connectivity index (χ0) is 8.97. The Morgan fingerprint density at radius 1 is 1.67 bits per heavy atom. The summed E-state index contributed by atoms with van der Waals surface area (Å²) in [5.41, 5.74) is 0. The van der Waals surface area contributed by atoms with Gasteiger partial charge < -0.3 is 9.84 Å². The molecule has 1 heterocycles. The lowest BCUT2D eigenvalue weighted by Gasteiger charge is -2.34. The third kappa shape index (κ3) is 2.73. The quantitative estimate of drug-likeness (QED) is 0.668. The van der Waals surface area contributed by atoms with Crippen molar-refractivity contribution >= 4 is 0 Å². The number of nitrogens with zero attached hydrogens (tertiary/aromatic N) is 1. The lowest BCUT2D eigenvalue weighted by molar-refractivity contribution is -0.00965. The highest BCUT2D eigenvalue weighted by Crippen LogP contribution is 2.08. The first-order valence-electron chi connectivity index (χ1n) is 4.66. The Labute approximate surface area is 74.3 Å². The Hall–Kier alpha value is -0.120. The van der Waals surface area contributed by atoms with Gasteiger partial charge in [-0.25, -0.2) is 0 Å². The second kappa shape index (κ2) is 4.80. The molecule has 1 rings (SSSR count). The number of ether oxygens (including phenoxy) is 1. The molecule has 1 aliphatic heterocycles. The zero-order valence-corrected chi connectivity index (χ0v) is 7.99. The summed E-state index contributed by atoms with van der Waals surface area (Å²) in [7, 11) is 0. The van der Waals surface area contributed by atoms with Gasteiger partial charge in [-0.3, -0.25) is 4.90 Å². The van der Waals surface area contributed by atoms with Gasteiger partial charge in [-0.05, 0) is 12.8 Å². The van der Waals surface area contributed by atoms with Gasteiger partial charge >= 0.3 is 0 Å². The molecule has 0 bridgehead atoms. The van der Waals surface area contributed by atoms with Gasteiger partial charge in [0.2, 0.25) is 0 Å². The van der Waals surface area contributed by atoms with Crippen LogP contribution in [0.1, 0.15) is 13.8 Å². The standard InChI is InChI=1S/C9H19NO2/c1-8(6-11)5-10-3-4-12-7-9(10)2/h8-9,11H,3-7H2,1-2H3. The van der Waals surface area contributed by atoms with Gasteiger partial charge in [-0.1, -0.05) is 6.92 Å². The van der Waals surface area contributed by atoms with E-state index in [1.807, 2.05) is 0 Å². The highest BCUT2D eigenvalue weighted by Gasteiger charge is 2.19. The maximum absolute atomic E-state index is 8.89. The molecule has 2 atom stereocenters. The summed E-state index contributed by atoms with van der Waals surface area (Å²) >= 11 is 0. The number of rotatable bonds is 3. The third-order valence-electron chi connectivity index (χ3n) is 2.36. The van der Waals surface area contributed by atoms with Crippen LogP contribution in [0.3, 0.4) is 0 Å². The van der Waals surface area contributed by atoms with Gasteiger partial charge in [-0.15, -0.1) is 0 Å². The van der Waals surface area contributed by atoms with Crippen LogP contribution < -0.4 is 0 Å². The fourth-order valence-corrected chi connectivity index (χ4v) is 1.49. The van der Waals surface area contributed by atoms with Crippen molar-refractivity contribution in [2.45, 2.75) is 19.9 Å². The molecule has 0 aromatic rings. The van der Waals surface area contributed by atoms with Gasteiger partial charge in [0.1, 0.15) is 0 Å². The first-order valence-corrected chi connectivity index (χ1v) is 4.66. The topological polar surface area (TPSA) is 32.7 Å². The highest BCUT2D eigenvalue weighted by atomic mass is 16.5. The van der Waals surface area contributed by atoms with E-state index in [1.165, 1.54) is 0 Å². The van der Waals surface area contributed by atoms with Crippen molar-refractivity contribution in [1.29, 1.82) is 0 Å². The third-order valence-corrected chi connectivity index (χ3v) is 2.36. The molecule has 2 unspecified atom stereocenters. The predicted molar refractivity (Wildman–Crippen MR) is 48.1 cm³/mol. The first-order chi connectivity index (χ1) is 5.74. The van der Waals surface area contributed by atoms with Crippen LogP contribution in [0.4, 0.5) is 0 Å². The van der Waals surface area contributed by atoms with Gasteiger partial charge in [0.15, 0.2) is 0 Å².